The Kier molecular flexibility index (Phi) is 5.16. The Labute approximate surface area is 123 Å². The van der Waals surface area contributed by atoms with E-state index in [0.29, 0.717) is 18.4 Å². The zero-order valence-electron chi connectivity index (χ0n) is 8.73. The molecule has 0 saturated heterocycles. The summed E-state index contributed by atoms with van der Waals surface area (Å²) >= 11 is 3.58. The zero-order valence-corrected chi connectivity index (χ0v) is 12.3. The first-order chi connectivity index (χ1) is 7.09. The van der Waals surface area contributed by atoms with Crippen molar-refractivity contribution in [3.63, 3.8) is 0 Å². The van der Waals surface area contributed by atoms with Gasteiger partial charge >= 0.3 is 29.6 Å². The predicted octanol–water partition coefficient (Wildman–Crippen LogP) is -1.34. The molecule has 0 radical (unpaired) electrons. The number of fused-ring (bicyclic) bond motifs is 1. The third kappa shape index (κ3) is 2.75. The summed E-state index contributed by atoms with van der Waals surface area (Å²) in [5.74, 6) is -0.110. The van der Waals surface area contributed by atoms with Crippen LogP contribution in [0.5, 0.6) is 0 Å². The number of ketones is 1. The van der Waals surface area contributed by atoms with Crippen molar-refractivity contribution in [2.24, 2.45) is 0 Å². The van der Waals surface area contributed by atoms with Crippen molar-refractivity contribution >= 4 is 28.5 Å². The van der Waals surface area contributed by atoms with E-state index >= 15 is 0 Å². The molecule has 16 heavy (non-hydrogen) atoms. The summed E-state index contributed by atoms with van der Waals surface area (Å²) in [6.07, 6.45) is 1.22. The fraction of sp³-hybridized carbons (Fsp3) is 0.300. The molecule has 0 N–H and O–H groups in total. The van der Waals surface area contributed by atoms with Crippen LogP contribution in [0.15, 0.2) is 23.1 Å². The molecule has 1 aromatic carbocycles. The monoisotopic (exact) mass is 266 g/mol. The third-order valence-corrected chi connectivity index (χ3v) is 3.54. The zero-order chi connectivity index (χ0) is 11.0. The van der Waals surface area contributed by atoms with Crippen molar-refractivity contribution in [2.45, 2.75) is 23.1 Å². The summed E-state index contributed by atoms with van der Waals surface area (Å²) in [5.41, 5.74) is 1.33. The third-order valence-electron chi connectivity index (χ3n) is 2.49. The van der Waals surface area contributed by atoms with Crippen molar-refractivity contribution in [1.29, 1.82) is 0 Å². The second-order valence-corrected chi connectivity index (χ2v) is 4.89. The van der Waals surface area contributed by atoms with Gasteiger partial charge < -0.3 is 4.55 Å². The Morgan fingerprint density at radius 3 is 2.75 bits per heavy atom. The second kappa shape index (κ2) is 5.76. The van der Waals surface area contributed by atoms with Crippen LogP contribution in [0.25, 0.3) is 0 Å². The van der Waals surface area contributed by atoms with Gasteiger partial charge in [0, 0.05) is 10.5 Å². The fourth-order valence-electron chi connectivity index (χ4n) is 1.70. The quantitative estimate of drug-likeness (QED) is 0.359. The largest absolute Gasteiger partial charge is 1.00 e. The van der Waals surface area contributed by atoms with E-state index in [1.807, 2.05) is 0 Å². The molecule has 0 aromatic heterocycles. The number of benzene rings is 1. The Bertz CT molecular complexity index is 450. The molecule has 0 amide bonds. The Balaban J connectivity index is 0.00000128. The fourth-order valence-corrected chi connectivity index (χ4v) is 2.35. The van der Waals surface area contributed by atoms with Gasteiger partial charge in [-0.15, -0.1) is 11.6 Å². The minimum atomic E-state index is -2.24. The van der Waals surface area contributed by atoms with Crippen LogP contribution in [0.3, 0.4) is 0 Å². The molecule has 0 saturated carbocycles. The van der Waals surface area contributed by atoms with E-state index in [2.05, 4.69) is 0 Å². The van der Waals surface area contributed by atoms with Gasteiger partial charge in [0.1, 0.15) is 0 Å². The van der Waals surface area contributed by atoms with Crippen LogP contribution in [0, 0.1) is 0 Å². The van der Waals surface area contributed by atoms with Crippen LogP contribution in [0.1, 0.15) is 22.3 Å². The van der Waals surface area contributed by atoms with Gasteiger partial charge in [0.05, 0.1) is 5.38 Å². The van der Waals surface area contributed by atoms with Gasteiger partial charge in [-0.2, -0.15) is 0 Å². The first kappa shape index (κ1) is 14.4. The Hall–Kier alpha value is 0.290. The molecule has 1 aromatic rings. The number of alkyl halides is 1. The van der Waals surface area contributed by atoms with E-state index in [9.17, 15) is 13.6 Å². The first-order valence-electron chi connectivity index (χ1n) is 4.50. The molecular weight excluding hydrogens is 259 g/mol. The van der Waals surface area contributed by atoms with Gasteiger partial charge in [-0.1, -0.05) is 0 Å². The van der Waals surface area contributed by atoms with Crippen LogP contribution < -0.4 is 29.6 Å². The summed E-state index contributed by atoms with van der Waals surface area (Å²) in [6, 6.07) is 4.51. The van der Waals surface area contributed by atoms with E-state index < -0.39 is 16.5 Å². The molecular formula is C10H8ClNaO3S. The molecule has 0 heterocycles. The molecule has 0 spiro atoms. The molecule has 2 atom stereocenters. The van der Waals surface area contributed by atoms with Crippen molar-refractivity contribution in [2.75, 3.05) is 0 Å². The Morgan fingerprint density at radius 1 is 1.44 bits per heavy atom. The van der Waals surface area contributed by atoms with E-state index in [1.165, 1.54) is 12.1 Å². The molecule has 3 nitrogen and oxygen atoms in total. The van der Waals surface area contributed by atoms with Gasteiger partial charge in [-0.3, -0.25) is 9.00 Å². The summed E-state index contributed by atoms with van der Waals surface area (Å²) in [5, 5.41) is -0.471. The second-order valence-electron chi connectivity index (χ2n) is 3.42. The van der Waals surface area contributed by atoms with E-state index in [4.69, 9.17) is 11.6 Å². The molecule has 0 bridgehead atoms. The molecule has 0 aliphatic heterocycles. The van der Waals surface area contributed by atoms with Crippen molar-refractivity contribution in [1.82, 2.24) is 0 Å². The van der Waals surface area contributed by atoms with Gasteiger partial charge in [0.15, 0.2) is 5.78 Å². The van der Waals surface area contributed by atoms with Crippen LogP contribution in [-0.4, -0.2) is 19.9 Å². The average Bonchev–Trinajstić information content (AvgIpc) is 2.23. The van der Waals surface area contributed by atoms with Crippen molar-refractivity contribution < 1.29 is 43.1 Å². The maximum absolute atomic E-state index is 11.6. The standard InChI is InChI=1S/C10H9ClO3S.Na/c11-9-4-1-6-5-7(15(13)14)2-3-8(6)10(9)12;/h2-3,5,9H,1,4H2,(H,13,14);/q;+1/p-1. The minimum Gasteiger partial charge on any atom is -0.768 e. The average molecular weight is 267 g/mol. The number of rotatable bonds is 1. The van der Waals surface area contributed by atoms with Crippen LogP contribution >= 0.6 is 11.6 Å². The first-order valence-corrected chi connectivity index (χ1v) is 6.01. The van der Waals surface area contributed by atoms with Crippen LogP contribution in [-0.2, 0) is 17.5 Å². The van der Waals surface area contributed by atoms with E-state index in [1.54, 1.807) is 6.07 Å². The molecule has 1 aliphatic carbocycles. The summed E-state index contributed by atoms with van der Waals surface area (Å²) in [7, 11) is 0. The van der Waals surface area contributed by atoms with Crippen LogP contribution in [0.4, 0.5) is 0 Å². The summed E-state index contributed by atoms with van der Waals surface area (Å²) < 4.78 is 21.4. The molecule has 80 valence electrons. The molecule has 1 aliphatic rings. The molecule has 0 fully saturated rings. The number of carbonyl (C=O) groups excluding carboxylic acids is 1. The maximum atomic E-state index is 11.6. The maximum Gasteiger partial charge on any atom is 1.00 e. The number of hydrogen-bond donors (Lipinski definition) is 0. The summed E-state index contributed by atoms with van der Waals surface area (Å²) in [4.78, 5) is 11.8. The normalized spacial score (nSPS) is 20.9. The van der Waals surface area contributed by atoms with Crippen LogP contribution in [0.2, 0.25) is 0 Å². The number of halogens is 1. The van der Waals surface area contributed by atoms with Gasteiger partial charge in [0.2, 0.25) is 0 Å². The molecule has 2 rings (SSSR count). The minimum absolute atomic E-state index is 0. The molecule has 2 unspecified atom stereocenters. The predicted molar refractivity (Wildman–Crippen MR) is 55.9 cm³/mol. The van der Waals surface area contributed by atoms with E-state index in [-0.39, 0.29) is 40.2 Å². The number of carbonyl (C=O) groups is 1. The SMILES string of the molecule is O=C1c2ccc(S(=O)[O-])cc2CCC1Cl.[Na+]. The van der Waals surface area contributed by atoms with Gasteiger partial charge in [0.25, 0.3) is 0 Å². The Morgan fingerprint density at radius 2 is 2.12 bits per heavy atom. The number of aryl methyl sites for hydroxylation is 1. The summed E-state index contributed by atoms with van der Waals surface area (Å²) in [6.45, 7) is 0. The molecule has 6 heteroatoms. The van der Waals surface area contributed by atoms with Crippen molar-refractivity contribution in [3.8, 4) is 0 Å². The topological polar surface area (TPSA) is 57.2 Å². The van der Waals surface area contributed by atoms with Gasteiger partial charge in [-0.05, 0) is 47.7 Å². The van der Waals surface area contributed by atoms with Crippen molar-refractivity contribution in [3.05, 3.63) is 29.3 Å². The van der Waals surface area contributed by atoms with E-state index in [0.717, 1.165) is 5.56 Å². The number of Topliss-reactive ketones (excluding diaryl/α,β-unsaturated/α-hetero) is 1. The van der Waals surface area contributed by atoms with Gasteiger partial charge in [-0.25, -0.2) is 0 Å². The number of hydrogen-bond acceptors (Lipinski definition) is 3. The smallest absolute Gasteiger partial charge is 0.768 e.